The van der Waals surface area contributed by atoms with Crippen LogP contribution in [0.5, 0.6) is 0 Å². The van der Waals surface area contributed by atoms with Crippen molar-refractivity contribution >= 4 is 28.9 Å². The van der Waals surface area contributed by atoms with Crippen molar-refractivity contribution in [2.24, 2.45) is 0 Å². The fourth-order valence-electron chi connectivity index (χ4n) is 3.70. The number of ether oxygens (including phenoxy) is 3. The minimum absolute atomic E-state index is 0.111. The maximum Gasteiger partial charge on any atom is 0.419 e. The Kier molecular flexibility index (Phi) is 7.73. The molecule has 1 heterocycles. The molecular formula is C26H30N2O6. The van der Waals surface area contributed by atoms with Crippen LogP contribution in [0.3, 0.4) is 0 Å². The maximum absolute atomic E-state index is 13.0. The first kappa shape index (κ1) is 25.0. The molecule has 3 aromatic rings. The van der Waals surface area contributed by atoms with Crippen LogP contribution in [0, 0.1) is 0 Å². The summed E-state index contributed by atoms with van der Waals surface area (Å²) in [4.78, 5) is 38.4. The molecule has 1 N–H and O–H groups in total. The third kappa shape index (κ3) is 5.82. The number of nitrogens with zero attached hydrogens (tertiary/aromatic N) is 1. The third-order valence-corrected chi connectivity index (χ3v) is 5.19. The number of carbonyl (C=O) groups is 3. The number of para-hydroxylation sites is 1. The second-order valence-electron chi connectivity index (χ2n) is 8.84. The summed E-state index contributed by atoms with van der Waals surface area (Å²) >= 11 is 0. The van der Waals surface area contributed by atoms with Crippen molar-refractivity contribution in [3.63, 3.8) is 0 Å². The first-order valence-electron chi connectivity index (χ1n) is 10.9. The van der Waals surface area contributed by atoms with Crippen molar-refractivity contribution in [1.29, 1.82) is 0 Å². The van der Waals surface area contributed by atoms with Crippen LogP contribution in [-0.4, -0.2) is 48.4 Å². The Balaban J connectivity index is 1.91. The minimum Gasteiger partial charge on any atom is -0.467 e. The molecule has 8 nitrogen and oxygen atoms in total. The number of carbonyl (C=O) groups excluding carboxylic acids is 3. The van der Waals surface area contributed by atoms with E-state index in [1.54, 1.807) is 57.3 Å². The molecule has 0 aliphatic carbocycles. The molecule has 2 atom stereocenters. The van der Waals surface area contributed by atoms with E-state index in [1.807, 2.05) is 24.3 Å². The molecule has 0 fully saturated rings. The summed E-state index contributed by atoms with van der Waals surface area (Å²) < 4.78 is 17.3. The molecular weight excluding hydrogens is 436 g/mol. The van der Waals surface area contributed by atoms with Crippen molar-refractivity contribution in [2.45, 2.75) is 44.9 Å². The molecule has 0 aliphatic rings. The van der Waals surface area contributed by atoms with E-state index in [-0.39, 0.29) is 6.42 Å². The van der Waals surface area contributed by atoms with Gasteiger partial charge >= 0.3 is 12.1 Å². The van der Waals surface area contributed by atoms with Gasteiger partial charge in [-0.2, -0.15) is 0 Å². The summed E-state index contributed by atoms with van der Waals surface area (Å²) in [6.45, 7) is 5.37. The Labute approximate surface area is 198 Å². The van der Waals surface area contributed by atoms with E-state index < -0.39 is 35.7 Å². The van der Waals surface area contributed by atoms with Crippen LogP contribution >= 0.6 is 0 Å². The van der Waals surface area contributed by atoms with Crippen molar-refractivity contribution < 1.29 is 28.6 Å². The van der Waals surface area contributed by atoms with E-state index >= 15 is 0 Å². The van der Waals surface area contributed by atoms with Gasteiger partial charge in [0.2, 0.25) is 0 Å². The molecule has 0 unspecified atom stereocenters. The molecule has 0 spiro atoms. The van der Waals surface area contributed by atoms with E-state index in [1.165, 1.54) is 18.8 Å². The van der Waals surface area contributed by atoms with Gasteiger partial charge in [-0.25, -0.2) is 9.59 Å². The average molecular weight is 467 g/mol. The lowest BCUT2D eigenvalue weighted by atomic mass is 10.0. The lowest BCUT2D eigenvalue weighted by Crippen LogP contribution is -2.45. The summed E-state index contributed by atoms with van der Waals surface area (Å²) in [5, 5.41) is 3.51. The molecule has 180 valence electrons. The van der Waals surface area contributed by atoms with Crippen LogP contribution in [0.1, 0.15) is 38.0 Å². The Hall–Kier alpha value is -3.65. The van der Waals surface area contributed by atoms with Crippen LogP contribution in [0.25, 0.3) is 10.9 Å². The Morgan fingerprint density at radius 2 is 1.62 bits per heavy atom. The normalized spacial score (nSPS) is 13.2. The Bertz CT molecular complexity index is 1160. The number of methoxy groups -OCH3 is 2. The molecule has 3 rings (SSSR count). The van der Waals surface area contributed by atoms with Crippen LogP contribution in [0.2, 0.25) is 0 Å². The molecule has 2 aromatic carbocycles. The fraction of sp³-hybridized carbons (Fsp3) is 0.346. The van der Waals surface area contributed by atoms with Gasteiger partial charge in [0.25, 0.3) is 5.91 Å². The van der Waals surface area contributed by atoms with Crippen LogP contribution in [0.15, 0.2) is 60.8 Å². The minimum atomic E-state index is -0.989. The molecule has 0 bridgehead atoms. The highest BCUT2D eigenvalue weighted by Gasteiger charge is 2.29. The van der Waals surface area contributed by atoms with Gasteiger partial charge in [0, 0.05) is 25.1 Å². The van der Waals surface area contributed by atoms with Gasteiger partial charge in [-0.1, -0.05) is 48.5 Å². The van der Waals surface area contributed by atoms with Gasteiger partial charge in [-0.3, -0.25) is 9.36 Å². The SMILES string of the molecule is COC(=O)[C@H](Cc1cn(C(=O)OC(C)(C)C)c2ccccc12)NC(=O)[C@@H](OC)c1ccccc1. The quantitative estimate of drug-likeness (QED) is 0.529. The molecule has 1 amide bonds. The number of hydrogen-bond acceptors (Lipinski definition) is 6. The molecule has 1 aromatic heterocycles. The summed E-state index contributed by atoms with van der Waals surface area (Å²) in [5.74, 6) is -1.08. The maximum atomic E-state index is 13.0. The predicted octanol–water partition coefficient (Wildman–Crippen LogP) is 4.01. The van der Waals surface area contributed by atoms with E-state index in [0.717, 1.165) is 5.39 Å². The fourth-order valence-corrected chi connectivity index (χ4v) is 3.70. The van der Waals surface area contributed by atoms with Crippen molar-refractivity contribution in [3.8, 4) is 0 Å². The Morgan fingerprint density at radius 1 is 0.971 bits per heavy atom. The number of fused-ring (bicyclic) bond motifs is 1. The van der Waals surface area contributed by atoms with E-state index in [4.69, 9.17) is 14.2 Å². The average Bonchev–Trinajstić information content (AvgIpc) is 3.17. The van der Waals surface area contributed by atoms with Gasteiger partial charge in [0.15, 0.2) is 6.10 Å². The van der Waals surface area contributed by atoms with Gasteiger partial charge in [-0.05, 0) is 38.0 Å². The number of esters is 1. The van der Waals surface area contributed by atoms with Crippen LogP contribution in [0.4, 0.5) is 4.79 Å². The lowest BCUT2D eigenvalue weighted by Gasteiger charge is -2.21. The van der Waals surface area contributed by atoms with E-state index in [9.17, 15) is 14.4 Å². The summed E-state index contributed by atoms with van der Waals surface area (Å²) in [5.41, 5.74) is 1.32. The highest BCUT2D eigenvalue weighted by molar-refractivity contribution is 5.93. The first-order valence-corrected chi connectivity index (χ1v) is 10.9. The zero-order valence-electron chi connectivity index (χ0n) is 20.0. The number of hydrogen-bond donors (Lipinski definition) is 1. The van der Waals surface area contributed by atoms with Gasteiger partial charge in [-0.15, -0.1) is 0 Å². The zero-order chi connectivity index (χ0) is 24.9. The smallest absolute Gasteiger partial charge is 0.419 e. The highest BCUT2D eigenvalue weighted by atomic mass is 16.6. The molecule has 0 saturated carbocycles. The lowest BCUT2D eigenvalue weighted by molar-refractivity contribution is -0.146. The topological polar surface area (TPSA) is 95.9 Å². The number of aromatic nitrogens is 1. The summed E-state index contributed by atoms with van der Waals surface area (Å²) in [7, 11) is 2.69. The molecule has 0 radical (unpaired) electrons. The van der Waals surface area contributed by atoms with E-state index in [2.05, 4.69) is 5.32 Å². The molecule has 8 heteroatoms. The number of nitrogens with one attached hydrogen (secondary N) is 1. The zero-order valence-corrected chi connectivity index (χ0v) is 20.0. The third-order valence-electron chi connectivity index (χ3n) is 5.19. The monoisotopic (exact) mass is 466 g/mol. The van der Waals surface area contributed by atoms with Crippen molar-refractivity contribution in [3.05, 3.63) is 71.9 Å². The second kappa shape index (κ2) is 10.5. The number of amides is 1. The van der Waals surface area contributed by atoms with Gasteiger partial charge in [0.05, 0.1) is 12.6 Å². The standard InChI is InChI=1S/C26H30N2O6/c1-26(2,3)34-25(31)28-16-18(19-13-9-10-14-21(19)28)15-20(24(30)33-5)27-23(29)22(32-4)17-11-7-6-8-12-17/h6-14,16,20,22H,15H2,1-5H3,(H,27,29)/t20-,22-/m0/s1. The van der Waals surface area contributed by atoms with Crippen molar-refractivity contribution in [2.75, 3.05) is 14.2 Å². The van der Waals surface area contributed by atoms with Crippen molar-refractivity contribution in [1.82, 2.24) is 9.88 Å². The predicted molar refractivity (Wildman–Crippen MR) is 127 cm³/mol. The number of benzene rings is 2. The Morgan fingerprint density at radius 3 is 2.24 bits per heavy atom. The molecule has 34 heavy (non-hydrogen) atoms. The highest BCUT2D eigenvalue weighted by Crippen LogP contribution is 2.25. The summed E-state index contributed by atoms with van der Waals surface area (Å²) in [6, 6.07) is 15.3. The van der Waals surface area contributed by atoms with Crippen LogP contribution in [-0.2, 0) is 30.2 Å². The molecule has 0 saturated heterocycles. The van der Waals surface area contributed by atoms with Crippen LogP contribution < -0.4 is 5.32 Å². The second-order valence-corrected chi connectivity index (χ2v) is 8.84. The first-order chi connectivity index (χ1) is 16.1. The van der Waals surface area contributed by atoms with Gasteiger partial charge < -0.3 is 19.5 Å². The van der Waals surface area contributed by atoms with Gasteiger partial charge in [0.1, 0.15) is 11.6 Å². The van der Waals surface area contributed by atoms with E-state index in [0.29, 0.717) is 16.6 Å². The largest absolute Gasteiger partial charge is 0.467 e. The number of rotatable bonds is 7. The molecule has 0 aliphatic heterocycles. The summed E-state index contributed by atoms with van der Waals surface area (Å²) in [6.07, 6.45) is 0.319.